The van der Waals surface area contributed by atoms with E-state index < -0.39 is 40.1 Å². The van der Waals surface area contributed by atoms with Crippen LogP contribution in [0, 0.1) is 28.1 Å². The Bertz CT molecular complexity index is 548. The number of carboxylic acids is 4. The van der Waals surface area contributed by atoms with Crippen molar-refractivity contribution in [1.82, 2.24) is 0 Å². The third-order valence-electron chi connectivity index (χ3n) is 6.08. The van der Waals surface area contributed by atoms with E-state index >= 15 is 0 Å². The van der Waals surface area contributed by atoms with Crippen molar-refractivity contribution in [2.75, 3.05) is 0 Å². The van der Waals surface area contributed by atoms with Crippen molar-refractivity contribution >= 4 is 23.9 Å². The first-order valence-corrected chi connectivity index (χ1v) is 7.04. The molecule has 0 aromatic heterocycles. The maximum absolute atomic E-state index is 11.9. The molecule has 4 fully saturated rings. The number of carboxylic acid groups (broad SMARTS) is 4. The van der Waals surface area contributed by atoms with Crippen LogP contribution in [-0.2, 0) is 36.2 Å². The average molecular weight is 374 g/mol. The Morgan fingerprint density at radius 2 is 1.22 bits per heavy atom. The second-order valence-corrected chi connectivity index (χ2v) is 6.88. The summed E-state index contributed by atoms with van der Waals surface area (Å²) in [5.74, 6) is -8.15. The van der Waals surface area contributed by atoms with Crippen LogP contribution in [0.3, 0.4) is 0 Å². The Morgan fingerprint density at radius 1 is 0.783 bits per heavy atom. The minimum atomic E-state index is -3.00. The molecule has 129 valence electrons. The van der Waals surface area contributed by atoms with Gasteiger partial charge < -0.3 is 30.0 Å². The van der Waals surface area contributed by atoms with Gasteiger partial charge in [-0.15, -0.1) is 0 Å². The molecule has 1 radical (unpaired) electrons. The fraction of sp³-hybridized carbons (Fsp3) is 0.714. The van der Waals surface area contributed by atoms with E-state index in [2.05, 4.69) is 0 Å². The summed E-state index contributed by atoms with van der Waals surface area (Å²) in [5.41, 5.74) is -7.40. The van der Waals surface area contributed by atoms with Gasteiger partial charge in [-0.3, -0.25) is 9.59 Å². The summed E-state index contributed by atoms with van der Waals surface area (Å²) in [7, 11) is 0. The van der Waals surface area contributed by atoms with Crippen LogP contribution in [0.2, 0.25) is 0 Å². The van der Waals surface area contributed by atoms with Crippen molar-refractivity contribution < 1.29 is 56.7 Å². The normalized spacial score (nSPS) is 43.5. The molecule has 23 heavy (non-hydrogen) atoms. The summed E-state index contributed by atoms with van der Waals surface area (Å²) in [6.07, 6.45) is -0.114. The first-order chi connectivity index (χ1) is 10.1. The van der Waals surface area contributed by atoms with E-state index in [1.165, 1.54) is 0 Å². The number of rotatable bonds is 4. The van der Waals surface area contributed by atoms with E-state index in [-0.39, 0.29) is 54.6 Å². The Morgan fingerprint density at radius 3 is 1.52 bits per heavy atom. The Labute approximate surface area is 141 Å². The molecule has 0 heterocycles. The van der Waals surface area contributed by atoms with Gasteiger partial charge in [0.2, 0.25) is 0 Å². The molecule has 4 saturated carbocycles. The topological polar surface area (TPSA) is 155 Å². The van der Waals surface area contributed by atoms with E-state index in [0.717, 1.165) is 0 Å². The summed E-state index contributed by atoms with van der Waals surface area (Å²) >= 11 is 0. The molecule has 9 heteroatoms. The Balaban J connectivity index is 0.00000192. The molecule has 4 aliphatic rings. The van der Waals surface area contributed by atoms with Gasteiger partial charge in [0.25, 0.3) is 0 Å². The quantitative estimate of drug-likeness (QED) is 0.417. The van der Waals surface area contributed by atoms with Crippen molar-refractivity contribution in [2.24, 2.45) is 28.1 Å². The summed E-state index contributed by atoms with van der Waals surface area (Å²) in [4.78, 5) is 47.4. The molecule has 0 aromatic rings. The summed E-state index contributed by atoms with van der Waals surface area (Å²) in [5, 5.41) is 42.9. The summed E-state index contributed by atoms with van der Waals surface area (Å²) in [6.45, 7) is 0. The van der Waals surface area contributed by atoms with Gasteiger partial charge in [-0.2, -0.15) is 0 Å². The van der Waals surface area contributed by atoms with Crippen molar-refractivity contribution in [3.63, 3.8) is 0 Å². The molecule has 3 unspecified atom stereocenters. The van der Waals surface area contributed by atoms with Crippen LogP contribution >= 0.6 is 0 Å². The van der Waals surface area contributed by atoms with Gasteiger partial charge in [-0.1, -0.05) is 0 Å². The molecule has 4 bridgehead atoms. The van der Waals surface area contributed by atoms with Gasteiger partial charge in [-0.25, -0.2) is 0 Å². The first kappa shape index (κ1) is 17.7. The van der Waals surface area contributed by atoms with Crippen LogP contribution in [0.1, 0.15) is 32.1 Å². The van der Waals surface area contributed by atoms with Crippen LogP contribution in [0.25, 0.3) is 0 Å². The van der Waals surface area contributed by atoms with Crippen molar-refractivity contribution in [2.45, 2.75) is 32.1 Å². The van der Waals surface area contributed by atoms with Gasteiger partial charge in [-0.05, 0) is 43.9 Å². The Kier molecular flexibility index (Phi) is 3.82. The molecule has 0 spiro atoms. The molecule has 4 rings (SSSR count). The molecular formula is C14H14CuO8. The van der Waals surface area contributed by atoms with E-state index in [0.29, 0.717) is 6.42 Å². The van der Waals surface area contributed by atoms with E-state index in [1.807, 2.05) is 0 Å². The average Bonchev–Trinajstić information content (AvgIpc) is 2.36. The second-order valence-electron chi connectivity index (χ2n) is 6.88. The molecule has 3 atom stereocenters. The minimum absolute atomic E-state index is 0. The molecule has 0 saturated heterocycles. The number of aliphatic carboxylic acids is 4. The number of carbonyl (C=O) groups is 4. The summed E-state index contributed by atoms with van der Waals surface area (Å²) < 4.78 is 0. The third kappa shape index (κ3) is 1.67. The maximum Gasteiger partial charge on any atom is 2.00 e. The van der Waals surface area contributed by atoms with Gasteiger partial charge in [0.1, 0.15) is 5.41 Å². The van der Waals surface area contributed by atoms with Crippen LogP contribution < -0.4 is 10.2 Å². The fourth-order valence-corrected chi connectivity index (χ4v) is 5.70. The van der Waals surface area contributed by atoms with Gasteiger partial charge >= 0.3 is 29.0 Å². The maximum atomic E-state index is 11.9. The number of hydrogen-bond donors (Lipinski definition) is 2. The first-order valence-electron chi connectivity index (χ1n) is 7.04. The largest absolute Gasteiger partial charge is 2.00 e. The zero-order valence-electron chi connectivity index (χ0n) is 11.8. The van der Waals surface area contributed by atoms with Gasteiger partial charge in [0.15, 0.2) is 0 Å². The zero-order chi connectivity index (χ0) is 16.5. The second kappa shape index (κ2) is 4.95. The third-order valence-corrected chi connectivity index (χ3v) is 6.08. The molecule has 2 N–H and O–H groups in total. The van der Waals surface area contributed by atoms with Gasteiger partial charge in [0, 0.05) is 11.4 Å². The molecular weight excluding hydrogens is 360 g/mol. The SMILES string of the molecule is O=C([O-])C12CC3CC(C1)CC(C(=O)O)(C3)C2(C(=O)[O-])C(=O)O.[Cu+2]. The van der Waals surface area contributed by atoms with Gasteiger partial charge in [0.05, 0.1) is 11.4 Å². The van der Waals surface area contributed by atoms with Crippen LogP contribution in [0.5, 0.6) is 0 Å². The van der Waals surface area contributed by atoms with Crippen molar-refractivity contribution in [1.29, 1.82) is 0 Å². The Hall–Kier alpha value is -1.60. The predicted octanol–water partition coefficient (Wildman–Crippen LogP) is -2.16. The molecule has 4 aliphatic carbocycles. The van der Waals surface area contributed by atoms with Crippen LogP contribution in [0.15, 0.2) is 0 Å². The zero-order valence-corrected chi connectivity index (χ0v) is 12.8. The molecule has 8 nitrogen and oxygen atoms in total. The molecule has 0 aliphatic heterocycles. The minimum Gasteiger partial charge on any atom is -0.550 e. The standard InChI is InChI=1S/C14H16O8.Cu/c15-8(16)12-2-6-1-7(4-12)5-13(3-6,9(17)18)14(12,10(19)20)11(21)22;/h6-7H,1-5H2,(H,15,16)(H,17,18)(H,19,20)(H,21,22);/q;+2/p-2. The van der Waals surface area contributed by atoms with Crippen LogP contribution in [0.4, 0.5) is 0 Å². The monoisotopic (exact) mass is 373 g/mol. The fourth-order valence-electron chi connectivity index (χ4n) is 5.70. The van der Waals surface area contributed by atoms with Crippen molar-refractivity contribution in [3.8, 4) is 0 Å². The van der Waals surface area contributed by atoms with E-state index in [9.17, 15) is 39.6 Å². The van der Waals surface area contributed by atoms with E-state index in [1.54, 1.807) is 0 Å². The van der Waals surface area contributed by atoms with Crippen molar-refractivity contribution in [3.05, 3.63) is 0 Å². The predicted molar refractivity (Wildman–Crippen MR) is 62.6 cm³/mol. The molecule has 0 aromatic carbocycles. The van der Waals surface area contributed by atoms with E-state index in [4.69, 9.17) is 0 Å². The number of hydrogen-bond acceptors (Lipinski definition) is 6. The summed E-state index contributed by atoms with van der Waals surface area (Å²) in [6, 6.07) is 0. The smallest absolute Gasteiger partial charge is 0.550 e. The number of carbonyl (C=O) groups excluding carboxylic acids is 2. The van der Waals surface area contributed by atoms with Crippen LogP contribution in [-0.4, -0.2) is 34.1 Å². The molecule has 0 amide bonds.